The average Bonchev–Trinajstić information content (AvgIpc) is 3.34. The van der Waals surface area contributed by atoms with Gasteiger partial charge in [0.05, 0.1) is 18.5 Å². The predicted octanol–water partition coefficient (Wildman–Crippen LogP) is 0.778. The van der Waals surface area contributed by atoms with E-state index in [-0.39, 0.29) is 30.7 Å². The molecule has 27 heavy (non-hydrogen) atoms. The van der Waals surface area contributed by atoms with Gasteiger partial charge in [-0.2, -0.15) is 5.10 Å². The van der Waals surface area contributed by atoms with Gasteiger partial charge < -0.3 is 20.5 Å². The SMILES string of the molecule is CCn1ncc(C(=O)NC)c1NC(=O)C1CC(=O)OC12CCCC2.O=CO. The number of hydrogen-bond acceptors (Lipinski definition) is 6. The summed E-state index contributed by atoms with van der Waals surface area (Å²) in [7, 11) is 1.52. The first-order valence-corrected chi connectivity index (χ1v) is 8.80. The summed E-state index contributed by atoms with van der Waals surface area (Å²) in [5.41, 5.74) is -0.371. The van der Waals surface area contributed by atoms with Crippen LogP contribution in [0.5, 0.6) is 0 Å². The van der Waals surface area contributed by atoms with Gasteiger partial charge in [-0.25, -0.2) is 4.68 Å². The highest BCUT2D eigenvalue weighted by molar-refractivity contribution is 6.04. The Labute approximate surface area is 156 Å². The standard InChI is InChI=1S/C16H22N4O4.CH2O2/c1-3-20-13(10(9-18-20)14(22)17-2)19-15(23)11-8-12(21)24-16(11)6-4-5-7-16;2-1-3/h9,11H,3-8H2,1-2H3,(H,17,22)(H,19,23);1H,(H,2,3). The van der Waals surface area contributed by atoms with Crippen molar-refractivity contribution in [2.75, 3.05) is 12.4 Å². The van der Waals surface area contributed by atoms with Gasteiger partial charge in [-0.3, -0.25) is 19.2 Å². The smallest absolute Gasteiger partial charge is 0.307 e. The maximum absolute atomic E-state index is 12.8. The van der Waals surface area contributed by atoms with Crippen molar-refractivity contribution in [1.82, 2.24) is 15.1 Å². The highest BCUT2D eigenvalue weighted by atomic mass is 16.6. The second-order valence-electron chi connectivity index (χ2n) is 6.40. The number of anilines is 1. The van der Waals surface area contributed by atoms with Crippen LogP contribution < -0.4 is 10.6 Å². The molecule has 3 rings (SSSR count). The molecule has 1 aromatic heterocycles. The Hall–Kier alpha value is -2.91. The van der Waals surface area contributed by atoms with Crippen LogP contribution in [0, 0.1) is 5.92 Å². The second-order valence-corrected chi connectivity index (χ2v) is 6.40. The summed E-state index contributed by atoms with van der Waals surface area (Å²) in [6, 6.07) is 0. The molecule has 2 aliphatic rings. The van der Waals surface area contributed by atoms with E-state index < -0.39 is 11.5 Å². The van der Waals surface area contributed by atoms with Gasteiger partial charge in [-0.15, -0.1) is 0 Å². The van der Waals surface area contributed by atoms with Gasteiger partial charge in [0.2, 0.25) is 5.91 Å². The molecule has 0 radical (unpaired) electrons. The van der Waals surface area contributed by atoms with E-state index in [1.165, 1.54) is 13.2 Å². The summed E-state index contributed by atoms with van der Waals surface area (Å²) in [4.78, 5) is 45.0. The summed E-state index contributed by atoms with van der Waals surface area (Å²) in [6.07, 6.45) is 4.85. The van der Waals surface area contributed by atoms with Crippen LogP contribution in [0.1, 0.15) is 49.4 Å². The molecular weight excluding hydrogens is 356 g/mol. The number of rotatable bonds is 4. The zero-order valence-corrected chi connectivity index (χ0v) is 15.4. The molecule has 0 bridgehead atoms. The lowest BCUT2D eigenvalue weighted by Gasteiger charge is -2.28. The lowest BCUT2D eigenvalue weighted by molar-refractivity contribution is -0.149. The Kier molecular flexibility index (Phi) is 6.54. The topological polar surface area (TPSA) is 140 Å². The maximum Gasteiger partial charge on any atom is 0.307 e. The number of nitrogens with zero attached hydrogens (tertiary/aromatic N) is 2. The molecular formula is C17H24N4O6. The van der Waals surface area contributed by atoms with E-state index in [0.29, 0.717) is 30.8 Å². The van der Waals surface area contributed by atoms with Crippen molar-refractivity contribution in [2.45, 2.75) is 51.2 Å². The van der Waals surface area contributed by atoms with Gasteiger partial charge in [0, 0.05) is 13.6 Å². The summed E-state index contributed by atoms with van der Waals surface area (Å²) < 4.78 is 7.07. The van der Waals surface area contributed by atoms with Crippen LogP contribution in [0.2, 0.25) is 0 Å². The average molecular weight is 380 g/mol. The number of carbonyl (C=O) groups is 4. The highest BCUT2D eigenvalue weighted by Crippen LogP contribution is 2.46. The largest absolute Gasteiger partial charge is 0.483 e. The number of aryl methyl sites for hydroxylation is 1. The Bertz CT molecular complexity index is 723. The van der Waals surface area contributed by atoms with E-state index >= 15 is 0 Å². The van der Waals surface area contributed by atoms with Crippen LogP contribution in [0.15, 0.2) is 6.20 Å². The van der Waals surface area contributed by atoms with E-state index in [9.17, 15) is 14.4 Å². The number of carbonyl (C=O) groups excluding carboxylic acids is 3. The normalized spacial score (nSPS) is 19.8. The number of aromatic nitrogens is 2. The number of carboxylic acid groups (broad SMARTS) is 1. The summed E-state index contributed by atoms with van der Waals surface area (Å²) in [6.45, 7) is 2.13. The van der Waals surface area contributed by atoms with E-state index in [4.69, 9.17) is 14.6 Å². The summed E-state index contributed by atoms with van der Waals surface area (Å²) in [5.74, 6) is -1.10. The fourth-order valence-corrected chi connectivity index (χ4v) is 3.71. The Balaban J connectivity index is 0.000000817. The van der Waals surface area contributed by atoms with Crippen molar-refractivity contribution in [2.24, 2.45) is 5.92 Å². The molecule has 1 aliphatic heterocycles. The Morgan fingerprint density at radius 2 is 2.07 bits per heavy atom. The van der Waals surface area contributed by atoms with Gasteiger partial charge in [0.15, 0.2) is 0 Å². The predicted molar refractivity (Wildman–Crippen MR) is 94.0 cm³/mol. The van der Waals surface area contributed by atoms with Gasteiger partial charge in [0.25, 0.3) is 12.4 Å². The van der Waals surface area contributed by atoms with Crippen LogP contribution in [0.3, 0.4) is 0 Å². The summed E-state index contributed by atoms with van der Waals surface area (Å²) >= 11 is 0. The minimum Gasteiger partial charge on any atom is -0.483 e. The minimum atomic E-state index is -0.675. The van der Waals surface area contributed by atoms with Gasteiger partial charge in [-0.1, -0.05) is 0 Å². The summed E-state index contributed by atoms with van der Waals surface area (Å²) in [5, 5.41) is 16.4. The molecule has 2 amide bonds. The van der Waals surface area contributed by atoms with Crippen LogP contribution >= 0.6 is 0 Å². The van der Waals surface area contributed by atoms with Crippen LogP contribution in [-0.2, 0) is 25.7 Å². The van der Waals surface area contributed by atoms with Crippen molar-refractivity contribution >= 4 is 30.1 Å². The molecule has 0 aromatic carbocycles. The first-order chi connectivity index (χ1) is 12.9. The Morgan fingerprint density at radius 1 is 1.44 bits per heavy atom. The number of nitrogens with one attached hydrogen (secondary N) is 2. The first kappa shape index (κ1) is 20.4. The maximum atomic E-state index is 12.8. The third-order valence-corrected chi connectivity index (χ3v) is 4.94. The lowest BCUT2D eigenvalue weighted by Crippen LogP contribution is -2.40. The molecule has 1 saturated carbocycles. The number of hydrogen-bond donors (Lipinski definition) is 3. The van der Waals surface area contributed by atoms with E-state index in [0.717, 1.165) is 12.8 Å². The zero-order chi connectivity index (χ0) is 20.0. The number of ether oxygens (including phenoxy) is 1. The van der Waals surface area contributed by atoms with Crippen molar-refractivity contribution in [1.29, 1.82) is 0 Å². The first-order valence-electron chi connectivity index (χ1n) is 8.80. The van der Waals surface area contributed by atoms with Gasteiger partial charge in [-0.05, 0) is 32.6 Å². The molecule has 1 atom stereocenters. The quantitative estimate of drug-likeness (QED) is 0.518. The van der Waals surface area contributed by atoms with Crippen LogP contribution in [0.25, 0.3) is 0 Å². The molecule has 1 saturated heterocycles. The molecule has 3 N–H and O–H groups in total. The minimum absolute atomic E-state index is 0.0847. The van der Waals surface area contributed by atoms with Crippen molar-refractivity contribution in [3.05, 3.63) is 11.8 Å². The van der Waals surface area contributed by atoms with Gasteiger partial charge in [0.1, 0.15) is 17.0 Å². The Morgan fingerprint density at radius 3 is 2.63 bits per heavy atom. The molecule has 2 heterocycles. The molecule has 148 valence electrons. The molecule has 10 nitrogen and oxygen atoms in total. The number of esters is 1. The van der Waals surface area contributed by atoms with Crippen LogP contribution in [0.4, 0.5) is 5.82 Å². The molecule has 2 fully saturated rings. The van der Waals surface area contributed by atoms with E-state index in [2.05, 4.69) is 15.7 Å². The van der Waals surface area contributed by atoms with Crippen molar-refractivity contribution in [3.8, 4) is 0 Å². The van der Waals surface area contributed by atoms with Crippen LogP contribution in [-0.4, -0.2) is 51.8 Å². The van der Waals surface area contributed by atoms with E-state index in [1.807, 2.05) is 6.92 Å². The molecule has 1 unspecified atom stereocenters. The molecule has 10 heteroatoms. The zero-order valence-electron chi connectivity index (χ0n) is 15.4. The third-order valence-electron chi connectivity index (χ3n) is 4.94. The molecule has 1 spiro atoms. The van der Waals surface area contributed by atoms with Crippen molar-refractivity contribution in [3.63, 3.8) is 0 Å². The second kappa shape index (κ2) is 8.65. The highest BCUT2D eigenvalue weighted by Gasteiger charge is 2.54. The molecule has 1 aromatic rings. The molecule has 1 aliphatic carbocycles. The fraction of sp³-hybridized carbons (Fsp3) is 0.588. The van der Waals surface area contributed by atoms with Crippen molar-refractivity contribution < 1.29 is 29.0 Å². The number of amides is 2. The van der Waals surface area contributed by atoms with Gasteiger partial charge >= 0.3 is 5.97 Å². The third kappa shape index (κ3) is 4.09. The monoisotopic (exact) mass is 380 g/mol. The fourth-order valence-electron chi connectivity index (χ4n) is 3.71. The van der Waals surface area contributed by atoms with E-state index in [1.54, 1.807) is 4.68 Å². The lowest BCUT2D eigenvalue weighted by atomic mass is 9.85.